The average molecular weight is 277 g/mol. The second-order valence-corrected chi connectivity index (χ2v) is 5.45. The SMILES string of the molecule is C=C(C(=C)C(=O)NC(C(C)C)S(=O)(=O)O)C(=O)O. The molecule has 7 nitrogen and oxygen atoms in total. The second kappa shape index (κ2) is 5.78. The van der Waals surface area contributed by atoms with Crippen LogP contribution in [0.1, 0.15) is 13.8 Å². The van der Waals surface area contributed by atoms with E-state index >= 15 is 0 Å². The zero-order valence-corrected chi connectivity index (χ0v) is 10.8. The highest BCUT2D eigenvalue weighted by Crippen LogP contribution is 2.11. The molecule has 0 aliphatic rings. The van der Waals surface area contributed by atoms with E-state index in [1.807, 2.05) is 5.32 Å². The Morgan fingerprint density at radius 1 is 1.17 bits per heavy atom. The lowest BCUT2D eigenvalue weighted by Gasteiger charge is -2.19. The van der Waals surface area contributed by atoms with Crippen LogP contribution in [0, 0.1) is 5.92 Å². The highest BCUT2D eigenvalue weighted by molar-refractivity contribution is 7.86. The van der Waals surface area contributed by atoms with Gasteiger partial charge in [0.1, 0.15) is 0 Å². The van der Waals surface area contributed by atoms with Crippen LogP contribution in [-0.4, -0.2) is 35.3 Å². The molecule has 0 radical (unpaired) electrons. The number of amides is 1. The fraction of sp³-hybridized carbons (Fsp3) is 0.400. The molecule has 0 rings (SSSR count). The van der Waals surface area contributed by atoms with Gasteiger partial charge >= 0.3 is 5.97 Å². The van der Waals surface area contributed by atoms with Crippen LogP contribution in [0.3, 0.4) is 0 Å². The number of carbonyl (C=O) groups is 2. The highest BCUT2D eigenvalue weighted by atomic mass is 32.2. The topological polar surface area (TPSA) is 121 Å². The largest absolute Gasteiger partial charge is 0.478 e. The quantitative estimate of drug-likeness (QED) is 0.361. The third kappa shape index (κ3) is 4.30. The minimum Gasteiger partial charge on any atom is -0.478 e. The van der Waals surface area contributed by atoms with E-state index < -0.39 is 44.4 Å². The normalized spacial score (nSPS) is 12.9. The Hall–Kier alpha value is -1.67. The van der Waals surface area contributed by atoms with Gasteiger partial charge in [0.25, 0.3) is 16.0 Å². The fourth-order valence-electron chi connectivity index (χ4n) is 1.07. The molecule has 0 heterocycles. The minimum atomic E-state index is -4.49. The van der Waals surface area contributed by atoms with E-state index in [1.165, 1.54) is 13.8 Å². The van der Waals surface area contributed by atoms with E-state index in [0.29, 0.717) is 0 Å². The molecule has 0 aromatic carbocycles. The maximum absolute atomic E-state index is 11.5. The first-order chi connectivity index (χ1) is 7.98. The molecule has 8 heteroatoms. The van der Waals surface area contributed by atoms with Gasteiger partial charge in [-0.2, -0.15) is 8.42 Å². The number of rotatable bonds is 6. The van der Waals surface area contributed by atoms with Crippen LogP contribution in [0.4, 0.5) is 0 Å². The van der Waals surface area contributed by atoms with E-state index in [0.717, 1.165) is 0 Å². The van der Waals surface area contributed by atoms with E-state index in [1.54, 1.807) is 0 Å². The molecule has 0 aromatic rings. The standard InChI is InChI=1S/C10H15NO6S/c1-5(2)9(18(15,16)17)11-8(12)6(3)7(4)10(13)14/h5,9H,3-4H2,1-2H3,(H,11,12)(H,13,14)(H,15,16,17). The predicted octanol–water partition coefficient (Wildman–Crippen LogP) is 0.169. The number of carbonyl (C=O) groups excluding carboxylic acids is 1. The monoisotopic (exact) mass is 277 g/mol. The molecule has 3 N–H and O–H groups in total. The number of carboxylic acid groups (broad SMARTS) is 1. The summed E-state index contributed by atoms with van der Waals surface area (Å²) >= 11 is 0. The summed E-state index contributed by atoms with van der Waals surface area (Å²) in [6.45, 7) is 9.25. The first kappa shape index (κ1) is 16.3. The van der Waals surface area contributed by atoms with Crippen LogP contribution in [-0.2, 0) is 19.7 Å². The lowest BCUT2D eigenvalue weighted by molar-refractivity contribution is -0.133. The number of hydrogen-bond acceptors (Lipinski definition) is 4. The van der Waals surface area contributed by atoms with Crippen molar-refractivity contribution in [2.45, 2.75) is 19.2 Å². The van der Waals surface area contributed by atoms with Crippen molar-refractivity contribution >= 4 is 22.0 Å². The first-order valence-electron chi connectivity index (χ1n) is 4.87. The summed E-state index contributed by atoms with van der Waals surface area (Å²) in [5, 5.41) is 9.05. The molecule has 0 aromatic heterocycles. The van der Waals surface area contributed by atoms with Gasteiger partial charge in [-0.25, -0.2) is 4.79 Å². The van der Waals surface area contributed by atoms with Gasteiger partial charge in [-0.1, -0.05) is 27.0 Å². The summed E-state index contributed by atoms with van der Waals surface area (Å²) in [5.74, 6) is -3.06. The second-order valence-electron chi connectivity index (χ2n) is 3.92. The summed E-state index contributed by atoms with van der Waals surface area (Å²) in [6, 6.07) is 0. The Balaban J connectivity index is 5.00. The smallest absolute Gasteiger partial charge is 0.335 e. The Labute approximate surface area is 105 Å². The minimum absolute atomic E-state index is 0.475. The molecule has 0 saturated heterocycles. The summed E-state index contributed by atoms with van der Waals surface area (Å²) in [6.07, 6.45) is 0. The Bertz CT molecular complexity index is 490. The lowest BCUT2D eigenvalue weighted by Crippen LogP contribution is -2.44. The van der Waals surface area contributed by atoms with E-state index in [2.05, 4.69) is 13.2 Å². The molecule has 1 amide bonds. The van der Waals surface area contributed by atoms with Gasteiger partial charge in [0.05, 0.1) is 5.57 Å². The zero-order chi connectivity index (χ0) is 14.7. The molecule has 102 valence electrons. The van der Waals surface area contributed by atoms with E-state index in [9.17, 15) is 18.0 Å². The summed E-state index contributed by atoms with van der Waals surface area (Å²) in [4.78, 5) is 22.1. The van der Waals surface area contributed by atoms with Crippen molar-refractivity contribution in [3.05, 3.63) is 24.3 Å². The lowest BCUT2D eigenvalue weighted by atomic mass is 10.1. The molecule has 1 atom stereocenters. The molecule has 18 heavy (non-hydrogen) atoms. The maximum atomic E-state index is 11.5. The van der Waals surface area contributed by atoms with Gasteiger partial charge in [0, 0.05) is 5.57 Å². The Morgan fingerprint density at radius 3 is 1.89 bits per heavy atom. The summed E-state index contributed by atoms with van der Waals surface area (Å²) in [5.41, 5.74) is -1.03. The predicted molar refractivity (Wildman–Crippen MR) is 64.2 cm³/mol. The van der Waals surface area contributed by atoms with Crippen LogP contribution in [0.15, 0.2) is 24.3 Å². The maximum Gasteiger partial charge on any atom is 0.335 e. The first-order valence-corrected chi connectivity index (χ1v) is 6.37. The van der Waals surface area contributed by atoms with Crippen LogP contribution in [0.5, 0.6) is 0 Å². The molecule has 1 unspecified atom stereocenters. The third-order valence-electron chi connectivity index (χ3n) is 2.10. The molecular weight excluding hydrogens is 262 g/mol. The molecule has 0 bridgehead atoms. The average Bonchev–Trinajstić information content (AvgIpc) is 2.20. The summed E-state index contributed by atoms with van der Waals surface area (Å²) < 4.78 is 30.9. The van der Waals surface area contributed by atoms with Gasteiger partial charge in [0.2, 0.25) is 0 Å². The van der Waals surface area contributed by atoms with Crippen molar-refractivity contribution < 1.29 is 27.7 Å². The molecule has 0 saturated carbocycles. The molecule has 0 spiro atoms. The van der Waals surface area contributed by atoms with Gasteiger partial charge in [-0.3, -0.25) is 9.35 Å². The van der Waals surface area contributed by atoms with E-state index in [4.69, 9.17) is 9.66 Å². The Kier molecular flexibility index (Phi) is 5.25. The zero-order valence-electron chi connectivity index (χ0n) is 10.0. The van der Waals surface area contributed by atoms with Crippen LogP contribution in [0.2, 0.25) is 0 Å². The van der Waals surface area contributed by atoms with Crippen LogP contribution >= 0.6 is 0 Å². The molecule has 0 fully saturated rings. The van der Waals surface area contributed by atoms with Gasteiger partial charge in [0.15, 0.2) is 5.37 Å². The third-order valence-corrected chi connectivity index (χ3v) is 3.40. The number of aliphatic carboxylic acids is 1. The fourth-order valence-corrected chi connectivity index (χ4v) is 2.01. The van der Waals surface area contributed by atoms with Crippen molar-refractivity contribution in [1.29, 1.82) is 0 Å². The van der Waals surface area contributed by atoms with Crippen molar-refractivity contribution in [3.63, 3.8) is 0 Å². The van der Waals surface area contributed by atoms with Crippen molar-refractivity contribution in [1.82, 2.24) is 5.32 Å². The molecule has 0 aliphatic heterocycles. The number of carboxylic acids is 1. The van der Waals surface area contributed by atoms with Gasteiger partial charge in [-0.15, -0.1) is 0 Å². The van der Waals surface area contributed by atoms with Gasteiger partial charge in [-0.05, 0) is 5.92 Å². The van der Waals surface area contributed by atoms with Gasteiger partial charge < -0.3 is 10.4 Å². The highest BCUT2D eigenvalue weighted by Gasteiger charge is 2.29. The summed E-state index contributed by atoms with van der Waals surface area (Å²) in [7, 11) is -4.49. The van der Waals surface area contributed by atoms with Crippen LogP contribution in [0.25, 0.3) is 0 Å². The number of nitrogens with one attached hydrogen (secondary N) is 1. The van der Waals surface area contributed by atoms with Crippen molar-refractivity contribution in [2.75, 3.05) is 0 Å². The Morgan fingerprint density at radius 2 is 1.61 bits per heavy atom. The molecule has 0 aliphatic carbocycles. The number of hydrogen-bond donors (Lipinski definition) is 3. The van der Waals surface area contributed by atoms with E-state index in [-0.39, 0.29) is 0 Å². The van der Waals surface area contributed by atoms with Crippen molar-refractivity contribution in [2.24, 2.45) is 5.92 Å². The molecular formula is C10H15NO6S. The van der Waals surface area contributed by atoms with Crippen LogP contribution < -0.4 is 5.32 Å². The van der Waals surface area contributed by atoms with Crippen molar-refractivity contribution in [3.8, 4) is 0 Å².